The maximum Gasteiger partial charge on any atom is 0.391 e. The summed E-state index contributed by atoms with van der Waals surface area (Å²) in [4.78, 5) is 4.25. The zero-order chi connectivity index (χ0) is 14.9. The van der Waals surface area contributed by atoms with E-state index in [-0.39, 0.29) is 18.9 Å². The first-order chi connectivity index (χ1) is 10.0. The van der Waals surface area contributed by atoms with E-state index >= 15 is 0 Å². The molecule has 0 aliphatic heterocycles. The molecule has 1 aromatic heterocycles. The van der Waals surface area contributed by atoms with Crippen LogP contribution in [0.2, 0.25) is 0 Å². The van der Waals surface area contributed by atoms with Gasteiger partial charge in [0.1, 0.15) is 0 Å². The molecule has 0 bridgehead atoms. The van der Waals surface area contributed by atoms with Gasteiger partial charge in [0.05, 0.1) is 11.4 Å². The zero-order valence-electron chi connectivity index (χ0n) is 11.5. The van der Waals surface area contributed by atoms with Crippen LogP contribution in [0.25, 0.3) is 10.9 Å². The Morgan fingerprint density at radius 3 is 2.52 bits per heavy atom. The Labute approximate surface area is 121 Å². The molecule has 3 rings (SSSR count). The molecule has 0 unspecified atom stereocenters. The van der Waals surface area contributed by atoms with E-state index < -0.39 is 12.1 Å². The summed E-state index contributed by atoms with van der Waals surface area (Å²) >= 11 is 0. The summed E-state index contributed by atoms with van der Waals surface area (Å²) < 4.78 is 37.9. The molecule has 0 atom stereocenters. The van der Waals surface area contributed by atoms with E-state index in [1.807, 2.05) is 30.3 Å². The topological polar surface area (TPSA) is 24.9 Å². The van der Waals surface area contributed by atoms with E-state index in [0.29, 0.717) is 12.8 Å². The predicted octanol–water partition coefficient (Wildman–Crippen LogP) is 4.77. The molecule has 2 aromatic rings. The molecular formula is C16H17F3N2. The van der Waals surface area contributed by atoms with E-state index in [0.717, 1.165) is 16.6 Å². The summed E-state index contributed by atoms with van der Waals surface area (Å²) in [6.07, 6.45) is -0.732. The Balaban J connectivity index is 1.64. The van der Waals surface area contributed by atoms with Gasteiger partial charge in [0.25, 0.3) is 0 Å². The molecule has 0 saturated heterocycles. The van der Waals surface area contributed by atoms with Crippen LogP contribution in [-0.4, -0.2) is 17.2 Å². The van der Waals surface area contributed by atoms with Crippen molar-refractivity contribution in [3.05, 3.63) is 36.5 Å². The van der Waals surface area contributed by atoms with Gasteiger partial charge in [-0.1, -0.05) is 6.07 Å². The Morgan fingerprint density at radius 1 is 1.05 bits per heavy atom. The normalized spacial score (nSPS) is 23.2. The lowest BCUT2D eigenvalue weighted by molar-refractivity contribution is -0.182. The second-order valence-electron chi connectivity index (χ2n) is 5.65. The van der Waals surface area contributed by atoms with Crippen LogP contribution in [0.1, 0.15) is 25.7 Å². The largest absolute Gasteiger partial charge is 0.391 e. The van der Waals surface area contributed by atoms with Gasteiger partial charge in [0.15, 0.2) is 0 Å². The lowest BCUT2D eigenvalue weighted by atomic mass is 9.85. The molecule has 0 spiro atoms. The Morgan fingerprint density at radius 2 is 1.81 bits per heavy atom. The quantitative estimate of drug-likeness (QED) is 0.863. The zero-order valence-corrected chi connectivity index (χ0v) is 11.5. The summed E-state index contributed by atoms with van der Waals surface area (Å²) in [6, 6.07) is 9.84. The summed E-state index contributed by atoms with van der Waals surface area (Å²) in [5.41, 5.74) is 1.87. The number of fused-ring (bicyclic) bond motifs is 1. The summed E-state index contributed by atoms with van der Waals surface area (Å²) in [5, 5.41) is 4.38. The molecule has 1 aliphatic rings. The summed E-state index contributed by atoms with van der Waals surface area (Å²) in [7, 11) is 0. The van der Waals surface area contributed by atoms with Crippen LogP contribution in [-0.2, 0) is 0 Å². The van der Waals surface area contributed by atoms with Crippen LogP contribution < -0.4 is 5.32 Å². The number of alkyl halides is 3. The van der Waals surface area contributed by atoms with Crippen LogP contribution in [0, 0.1) is 5.92 Å². The third-order valence-corrected chi connectivity index (χ3v) is 4.16. The van der Waals surface area contributed by atoms with E-state index in [1.54, 1.807) is 6.20 Å². The Kier molecular flexibility index (Phi) is 3.74. The van der Waals surface area contributed by atoms with Gasteiger partial charge in [-0.3, -0.25) is 4.98 Å². The van der Waals surface area contributed by atoms with Crippen molar-refractivity contribution >= 4 is 16.6 Å². The van der Waals surface area contributed by atoms with Crippen molar-refractivity contribution < 1.29 is 13.2 Å². The number of pyridine rings is 1. The number of rotatable bonds is 2. The van der Waals surface area contributed by atoms with Gasteiger partial charge in [0.2, 0.25) is 0 Å². The minimum Gasteiger partial charge on any atom is -0.382 e. The van der Waals surface area contributed by atoms with E-state index in [9.17, 15) is 13.2 Å². The first kappa shape index (κ1) is 14.2. The summed E-state index contributed by atoms with van der Waals surface area (Å²) in [6.45, 7) is 0. The molecule has 1 N–H and O–H groups in total. The van der Waals surface area contributed by atoms with Gasteiger partial charge in [-0.15, -0.1) is 0 Å². The third kappa shape index (κ3) is 3.28. The molecule has 1 aromatic carbocycles. The highest BCUT2D eigenvalue weighted by Crippen LogP contribution is 2.38. The number of nitrogens with one attached hydrogen (secondary N) is 1. The van der Waals surface area contributed by atoms with Gasteiger partial charge >= 0.3 is 6.18 Å². The molecule has 2 nitrogen and oxygen atoms in total. The van der Waals surface area contributed by atoms with E-state index in [1.165, 1.54) is 0 Å². The number of aromatic nitrogens is 1. The second kappa shape index (κ2) is 5.54. The molecule has 1 aliphatic carbocycles. The number of benzene rings is 1. The minimum atomic E-state index is -4.04. The first-order valence-electron chi connectivity index (χ1n) is 7.20. The second-order valence-corrected chi connectivity index (χ2v) is 5.65. The fourth-order valence-corrected chi connectivity index (χ4v) is 2.97. The van der Waals surface area contributed by atoms with Crippen LogP contribution in [0.5, 0.6) is 0 Å². The fourth-order valence-electron chi connectivity index (χ4n) is 2.97. The SMILES string of the molecule is FC(F)(F)C1CCC(Nc2ccc3ncccc3c2)CC1. The lowest BCUT2D eigenvalue weighted by Gasteiger charge is -2.30. The average molecular weight is 294 g/mol. The number of halogens is 3. The lowest BCUT2D eigenvalue weighted by Crippen LogP contribution is -2.32. The molecule has 112 valence electrons. The standard InChI is InChI=1S/C16H17F3N2/c17-16(18,19)12-3-5-13(6-4-12)21-14-7-8-15-11(10-14)2-1-9-20-15/h1-2,7-10,12-13,21H,3-6H2. The van der Waals surface area contributed by atoms with Gasteiger partial charge in [0, 0.05) is 23.3 Å². The van der Waals surface area contributed by atoms with Crippen molar-refractivity contribution in [2.45, 2.75) is 37.9 Å². The Hall–Kier alpha value is -1.78. The molecule has 1 saturated carbocycles. The van der Waals surface area contributed by atoms with Gasteiger partial charge < -0.3 is 5.32 Å². The highest BCUT2D eigenvalue weighted by atomic mass is 19.4. The Bertz CT molecular complexity index is 616. The van der Waals surface area contributed by atoms with Crippen LogP contribution >= 0.6 is 0 Å². The molecule has 1 fully saturated rings. The molecular weight excluding hydrogens is 277 g/mol. The van der Waals surface area contributed by atoms with Gasteiger partial charge in [-0.05, 0) is 49.9 Å². The highest BCUT2D eigenvalue weighted by Gasteiger charge is 2.41. The van der Waals surface area contributed by atoms with Gasteiger partial charge in [-0.2, -0.15) is 13.2 Å². The van der Waals surface area contributed by atoms with Crippen LogP contribution in [0.3, 0.4) is 0 Å². The maximum atomic E-state index is 12.6. The van der Waals surface area contributed by atoms with Crippen molar-refractivity contribution in [2.75, 3.05) is 5.32 Å². The van der Waals surface area contributed by atoms with Crippen LogP contribution in [0.15, 0.2) is 36.5 Å². The average Bonchev–Trinajstić information content (AvgIpc) is 2.47. The van der Waals surface area contributed by atoms with Crippen molar-refractivity contribution in [3.8, 4) is 0 Å². The smallest absolute Gasteiger partial charge is 0.382 e. The molecule has 0 amide bonds. The number of hydrogen-bond donors (Lipinski definition) is 1. The van der Waals surface area contributed by atoms with Crippen LogP contribution in [0.4, 0.5) is 18.9 Å². The van der Waals surface area contributed by atoms with E-state index in [2.05, 4.69) is 10.3 Å². The summed E-state index contributed by atoms with van der Waals surface area (Å²) in [5.74, 6) is -1.13. The first-order valence-corrected chi connectivity index (χ1v) is 7.20. The van der Waals surface area contributed by atoms with Crippen molar-refractivity contribution in [1.82, 2.24) is 4.98 Å². The highest BCUT2D eigenvalue weighted by molar-refractivity contribution is 5.82. The molecule has 0 radical (unpaired) electrons. The van der Waals surface area contributed by atoms with E-state index in [4.69, 9.17) is 0 Å². The van der Waals surface area contributed by atoms with Crippen molar-refractivity contribution in [3.63, 3.8) is 0 Å². The third-order valence-electron chi connectivity index (χ3n) is 4.16. The van der Waals surface area contributed by atoms with Crippen molar-refractivity contribution in [1.29, 1.82) is 0 Å². The number of nitrogens with zero attached hydrogens (tertiary/aromatic N) is 1. The molecule has 5 heteroatoms. The predicted molar refractivity (Wildman–Crippen MR) is 77.2 cm³/mol. The monoisotopic (exact) mass is 294 g/mol. The minimum absolute atomic E-state index is 0.123. The number of hydrogen-bond acceptors (Lipinski definition) is 2. The fraction of sp³-hybridized carbons (Fsp3) is 0.438. The molecule has 21 heavy (non-hydrogen) atoms. The van der Waals surface area contributed by atoms with Crippen molar-refractivity contribution in [2.24, 2.45) is 5.92 Å². The van der Waals surface area contributed by atoms with Gasteiger partial charge in [-0.25, -0.2) is 0 Å². The number of anilines is 1. The maximum absolute atomic E-state index is 12.6. The molecule has 1 heterocycles.